The number of hydrogen-bond acceptors (Lipinski definition) is 5. The highest BCUT2D eigenvalue weighted by atomic mass is 35.5. The van der Waals surface area contributed by atoms with Gasteiger partial charge in [0.2, 0.25) is 5.91 Å². The number of thioether (sulfide) groups is 1. The summed E-state index contributed by atoms with van der Waals surface area (Å²) >= 11 is 1.65. The smallest absolute Gasteiger partial charge is 0.237 e. The molecule has 4 N–H and O–H groups in total. The minimum Gasteiger partial charge on any atom is -0.491 e. The molecule has 5 nitrogen and oxygen atoms in total. The molecule has 0 heterocycles. The van der Waals surface area contributed by atoms with Crippen LogP contribution in [0.4, 0.5) is 0 Å². The van der Waals surface area contributed by atoms with Gasteiger partial charge in [-0.25, -0.2) is 0 Å². The zero-order valence-electron chi connectivity index (χ0n) is 13.8. The molecule has 0 aromatic heterocycles. The van der Waals surface area contributed by atoms with Gasteiger partial charge >= 0.3 is 0 Å². The molecule has 0 bridgehead atoms. The van der Waals surface area contributed by atoms with Crippen LogP contribution in [0.2, 0.25) is 0 Å². The second-order valence-electron chi connectivity index (χ2n) is 5.38. The number of aliphatic hydroxyl groups excluding tert-OH is 1. The third-order valence-electron chi connectivity index (χ3n) is 3.08. The third-order valence-corrected chi connectivity index (χ3v) is 3.72. The maximum absolute atomic E-state index is 11.8. The molecular formula is C16H27ClN2O3S. The van der Waals surface area contributed by atoms with Crippen molar-refractivity contribution in [2.75, 3.05) is 18.6 Å². The molecule has 0 aliphatic rings. The van der Waals surface area contributed by atoms with Crippen LogP contribution in [-0.4, -0.2) is 41.7 Å². The van der Waals surface area contributed by atoms with Crippen molar-refractivity contribution < 1.29 is 14.6 Å². The fraction of sp³-hybridized carbons (Fsp3) is 0.562. The van der Waals surface area contributed by atoms with Gasteiger partial charge in [-0.1, -0.05) is 12.1 Å². The Labute approximate surface area is 148 Å². The Morgan fingerprint density at radius 2 is 1.96 bits per heavy atom. The summed E-state index contributed by atoms with van der Waals surface area (Å²) in [6.07, 6.45) is 1.95. The average Bonchev–Trinajstić information content (AvgIpc) is 2.50. The zero-order chi connectivity index (χ0) is 16.5. The Kier molecular flexibility index (Phi) is 11.1. The summed E-state index contributed by atoms with van der Waals surface area (Å²) in [5.41, 5.74) is 6.50. The van der Waals surface area contributed by atoms with Gasteiger partial charge in [-0.3, -0.25) is 4.79 Å². The number of nitrogens with two attached hydrogens (primary N) is 1. The first-order valence-electron chi connectivity index (χ1n) is 7.41. The Bertz CT molecular complexity index is 457. The van der Waals surface area contributed by atoms with Gasteiger partial charge in [0, 0.05) is 6.54 Å². The molecule has 0 spiro atoms. The molecule has 1 aromatic rings. The van der Waals surface area contributed by atoms with Gasteiger partial charge in [0.1, 0.15) is 5.75 Å². The van der Waals surface area contributed by atoms with E-state index in [-0.39, 0.29) is 31.0 Å². The summed E-state index contributed by atoms with van der Waals surface area (Å²) in [6, 6.07) is 6.68. The lowest BCUT2D eigenvalue weighted by atomic mass is 10.1. The van der Waals surface area contributed by atoms with E-state index in [0.717, 1.165) is 17.1 Å². The van der Waals surface area contributed by atoms with Crippen molar-refractivity contribution in [3.05, 3.63) is 29.8 Å². The topological polar surface area (TPSA) is 84.6 Å². The minimum atomic E-state index is -0.759. The molecule has 0 aliphatic carbocycles. The minimum absolute atomic E-state index is 0. The van der Waals surface area contributed by atoms with E-state index in [1.807, 2.05) is 32.2 Å². The van der Waals surface area contributed by atoms with Crippen LogP contribution in [0.25, 0.3) is 0 Å². The largest absolute Gasteiger partial charge is 0.491 e. The van der Waals surface area contributed by atoms with Gasteiger partial charge in [0.25, 0.3) is 0 Å². The van der Waals surface area contributed by atoms with Crippen molar-refractivity contribution in [2.45, 2.75) is 38.5 Å². The van der Waals surface area contributed by atoms with Gasteiger partial charge < -0.3 is 20.9 Å². The Balaban J connectivity index is 0.00000484. The van der Waals surface area contributed by atoms with Crippen LogP contribution < -0.4 is 15.8 Å². The standard InChI is InChI=1S/C16H26N2O3S.ClH/c1-11(2)21-13-6-4-12(5-7-13)15(19)10-18-16(20)14(17)8-9-22-3;/h4-7,11,14-15,19H,8-10,17H2,1-3H3,(H,18,20);1H/t14-,15?;/m0./s1. The fourth-order valence-electron chi connectivity index (χ4n) is 1.86. The summed E-state index contributed by atoms with van der Waals surface area (Å²) in [5.74, 6) is 1.37. The SMILES string of the molecule is CSCC[C@H](N)C(=O)NCC(O)c1ccc(OC(C)C)cc1.Cl. The Morgan fingerprint density at radius 3 is 2.48 bits per heavy atom. The predicted molar refractivity (Wildman–Crippen MR) is 98.4 cm³/mol. The van der Waals surface area contributed by atoms with Crippen LogP contribution >= 0.6 is 24.2 Å². The number of carbonyl (C=O) groups excluding carboxylic acids is 1. The number of rotatable bonds is 9. The summed E-state index contributed by atoms with van der Waals surface area (Å²) in [7, 11) is 0. The van der Waals surface area contributed by atoms with Crippen LogP contribution in [0.1, 0.15) is 31.9 Å². The van der Waals surface area contributed by atoms with E-state index in [1.165, 1.54) is 0 Å². The zero-order valence-corrected chi connectivity index (χ0v) is 15.5. The number of carbonyl (C=O) groups is 1. The van der Waals surface area contributed by atoms with Gasteiger partial charge in [0.05, 0.1) is 18.2 Å². The Morgan fingerprint density at radius 1 is 1.35 bits per heavy atom. The second-order valence-corrected chi connectivity index (χ2v) is 6.37. The number of halogens is 1. The number of aliphatic hydroxyl groups is 1. The maximum atomic E-state index is 11.8. The van der Waals surface area contributed by atoms with Crippen molar-refractivity contribution in [3.63, 3.8) is 0 Å². The predicted octanol–water partition coefficient (Wildman–Crippen LogP) is 2.13. The molecule has 0 saturated heterocycles. The van der Waals surface area contributed by atoms with E-state index in [2.05, 4.69) is 5.32 Å². The first-order chi connectivity index (χ1) is 10.4. The van der Waals surface area contributed by atoms with E-state index in [9.17, 15) is 9.90 Å². The normalized spacial score (nSPS) is 13.1. The highest BCUT2D eigenvalue weighted by molar-refractivity contribution is 7.98. The molecule has 1 rings (SSSR count). The molecule has 1 aromatic carbocycles. The number of hydrogen-bond donors (Lipinski definition) is 3. The number of benzene rings is 1. The van der Waals surface area contributed by atoms with Crippen molar-refractivity contribution in [1.29, 1.82) is 0 Å². The van der Waals surface area contributed by atoms with E-state index in [4.69, 9.17) is 10.5 Å². The molecule has 23 heavy (non-hydrogen) atoms. The van der Waals surface area contributed by atoms with Gasteiger partial charge in [-0.2, -0.15) is 11.8 Å². The molecule has 1 amide bonds. The van der Waals surface area contributed by atoms with Crippen LogP contribution in [0, 0.1) is 0 Å². The van der Waals surface area contributed by atoms with Gasteiger partial charge in [-0.05, 0) is 50.0 Å². The molecule has 1 unspecified atom stereocenters. The Hall–Kier alpha value is -0.950. The van der Waals surface area contributed by atoms with Crippen molar-refractivity contribution in [1.82, 2.24) is 5.32 Å². The summed E-state index contributed by atoms with van der Waals surface area (Å²) in [5, 5.41) is 12.8. The van der Waals surface area contributed by atoms with Crippen molar-refractivity contribution >= 4 is 30.1 Å². The summed E-state index contributed by atoms with van der Waals surface area (Å²) < 4.78 is 5.55. The van der Waals surface area contributed by atoms with Crippen LogP contribution in [0.5, 0.6) is 5.75 Å². The quantitative estimate of drug-likeness (QED) is 0.626. The van der Waals surface area contributed by atoms with Crippen molar-refractivity contribution in [2.24, 2.45) is 5.73 Å². The van der Waals surface area contributed by atoms with Gasteiger partial charge in [0.15, 0.2) is 0 Å². The average molecular weight is 363 g/mol. The molecule has 132 valence electrons. The van der Waals surface area contributed by atoms with Crippen LogP contribution in [0.3, 0.4) is 0 Å². The molecule has 0 saturated carbocycles. The monoisotopic (exact) mass is 362 g/mol. The summed E-state index contributed by atoms with van der Waals surface area (Å²) in [6.45, 7) is 4.06. The summed E-state index contributed by atoms with van der Waals surface area (Å²) in [4.78, 5) is 11.8. The molecule has 0 fully saturated rings. The second kappa shape index (κ2) is 11.6. The highest BCUT2D eigenvalue weighted by Gasteiger charge is 2.15. The van der Waals surface area contributed by atoms with Crippen LogP contribution in [-0.2, 0) is 4.79 Å². The third kappa shape index (κ3) is 8.46. The van der Waals surface area contributed by atoms with E-state index in [0.29, 0.717) is 6.42 Å². The fourth-order valence-corrected chi connectivity index (χ4v) is 2.35. The van der Waals surface area contributed by atoms with Crippen LogP contribution in [0.15, 0.2) is 24.3 Å². The first-order valence-corrected chi connectivity index (χ1v) is 8.80. The molecule has 2 atom stereocenters. The van der Waals surface area contributed by atoms with E-state index < -0.39 is 12.1 Å². The van der Waals surface area contributed by atoms with E-state index in [1.54, 1.807) is 23.9 Å². The maximum Gasteiger partial charge on any atom is 0.237 e. The van der Waals surface area contributed by atoms with Crippen molar-refractivity contribution in [3.8, 4) is 5.75 Å². The molecular weight excluding hydrogens is 336 g/mol. The van der Waals surface area contributed by atoms with Gasteiger partial charge in [-0.15, -0.1) is 12.4 Å². The lowest BCUT2D eigenvalue weighted by Crippen LogP contribution is -2.42. The molecule has 0 aliphatic heterocycles. The lowest BCUT2D eigenvalue weighted by Gasteiger charge is -2.16. The first kappa shape index (κ1) is 22.1. The molecule has 7 heteroatoms. The lowest BCUT2D eigenvalue weighted by molar-refractivity contribution is -0.122. The number of nitrogens with one attached hydrogen (secondary N) is 1. The molecule has 0 radical (unpaired) electrons. The van der Waals surface area contributed by atoms with E-state index >= 15 is 0 Å². The number of ether oxygens (including phenoxy) is 1. The highest BCUT2D eigenvalue weighted by Crippen LogP contribution is 2.18. The number of amides is 1.